The third-order valence-corrected chi connectivity index (χ3v) is 9.80. The van der Waals surface area contributed by atoms with Crippen molar-refractivity contribution >= 4 is 0 Å². The molecule has 150 valence electrons. The van der Waals surface area contributed by atoms with E-state index >= 15 is 0 Å². The molecule has 0 bridgehead atoms. The fourth-order valence-corrected chi connectivity index (χ4v) is 8.22. The number of rotatable bonds is 5. The van der Waals surface area contributed by atoms with E-state index in [1.807, 2.05) is 5.57 Å². The molecule has 0 radical (unpaired) electrons. The van der Waals surface area contributed by atoms with Crippen LogP contribution >= 0.6 is 0 Å². The topological polar surface area (TPSA) is 0 Å². The van der Waals surface area contributed by atoms with Gasteiger partial charge in [-0.15, -0.1) is 0 Å². The Bertz CT molecular complexity index is 534. The lowest BCUT2D eigenvalue weighted by Crippen LogP contribution is -2.49. The van der Waals surface area contributed by atoms with Crippen LogP contribution in [0.25, 0.3) is 0 Å². The highest BCUT2D eigenvalue weighted by Gasteiger charge is 2.57. The van der Waals surface area contributed by atoms with Crippen LogP contribution in [0.2, 0.25) is 0 Å². The second-order valence-corrected chi connectivity index (χ2v) is 11.5. The molecule has 4 aliphatic carbocycles. The van der Waals surface area contributed by atoms with Gasteiger partial charge in [0, 0.05) is 1.43 Å². The summed E-state index contributed by atoms with van der Waals surface area (Å²) in [5, 5.41) is 0. The molecule has 0 aromatic carbocycles. The molecular formula is C26H46. The molecule has 4 rings (SSSR count). The van der Waals surface area contributed by atoms with Gasteiger partial charge >= 0.3 is 0 Å². The number of unbranched alkanes of at least 4 members (excludes halogenated alkanes) is 1. The summed E-state index contributed by atoms with van der Waals surface area (Å²) in [6.07, 6.45) is 22.1. The monoisotopic (exact) mass is 358 g/mol. The molecule has 0 amide bonds. The van der Waals surface area contributed by atoms with Crippen LogP contribution in [0.1, 0.15) is 113 Å². The molecule has 6 atom stereocenters. The van der Waals surface area contributed by atoms with E-state index in [4.69, 9.17) is 0 Å². The molecule has 0 heteroatoms. The van der Waals surface area contributed by atoms with Crippen molar-refractivity contribution in [3.63, 3.8) is 0 Å². The molecule has 0 aromatic rings. The van der Waals surface area contributed by atoms with Crippen LogP contribution in [0.15, 0.2) is 11.6 Å². The number of allylic oxidation sites excluding steroid dienone is 2. The predicted molar refractivity (Wildman–Crippen MR) is 115 cm³/mol. The van der Waals surface area contributed by atoms with Gasteiger partial charge in [0.05, 0.1) is 0 Å². The second-order valence-electron chi connectivity index (χ2n) is 11.5. The summed E-state index contributed by atoms with van der Waals surface area (Å²) >= 11 is 0. The number of fused-ring (bicyclic) bond motifs is 5. The first-order valence-electron chi connectivity index (χ1n) is 12.1. The van der Waals surface area contributed by atoms with Gasteiger partial charge in [-0.2, -0.15) is 0 Å². The maximum absolute atomic E-state index is 2.74. The maximum atomic E-state index is 2.74. The summed E-state index contributed by atoms with van der Waals surface area (Å²) < 4.78 is 0. The normalized spacial score (nSPS) is 45.0. The highest BCUT2D eigenvalue weighted by Crippen LogP contribution is 2.66. The Morgan fingerprint density at radius 3 is 2.69 bits per heavy atom. The van der Waals surface area contributed by atoms with Gasteiger partial charge < -0.3 is 0 Å². The average Bonchev–Trinajstić information content (AvgIpc) is 2.94. The Morgan fingerprint density at radius 1 is 1.04 bits per heavy atom. The molecule has 3 saturated carbocycles. The van der Waals surface area contributed by atoms with Gasteiger partial charge in [0.2, 0.25) is 0 Å². The molecule has 0 aliphatic heterocycles. The standard InChI is InChI=1S/C26H44.H2/c1-19(2)9-5-6-10-21-13-15-23-22-14-12-20-11-7-8-17-25(20,3)24(22)16-18-26(21,23)4;/h12,19,21-24H,5-11,13-18H2,1-4H3;1H/t21?,22?,23?,24?,25-,26+;/m0./s1. The fourth-order valence-electron chi connectivity index (χ4n) is 8.22. The Kier molecular flexibility index (Phi) is 5.35. The van der Waals surface area contributed by atoms with Crippen LogP contribution in [-0.4, -0.2) is 0 Å². The van der Waals surface area contributed by atoms with Crippen molar-refractivity contribution in [3.05, 3.63) is 11.6 Å². The lowest BCUT2D eigenvalue weighted by Gasteiger charge is -2.57. The average molecular weight is 359 g/mol. The van der Waals surface area contributed by atoms with Crippen molar-refractivity contribution < 1.29 is 1.43 Å². The summed E-state index contributed by atoms with van der Waals surface area (Å²) in [4.78, 5) is 0. The van der Waals surface area contributed by atoms with Gasteiger partial charge in [0.15, 0.2) is 0 Å². The first kappa shape index (κ1) is 19.1. The third kappa shape index (κ3) is 3.12. The molecule has 0 saturated heterocycles. The van der Waals surface area contributed by atoms with Crippen LogP contribution in [0.3, 0.4) is 0 Å². The summed E-state index contributed by atoms with van der Waals surface area (Å²) in [5.41, 5.74) is 3.13. The quantitative estimate of drug-likeness (QED) is 0.342. The molecule has 26 heavy (non-hydrogen) atoms. The van der Waals surface area contributed by atoms with Crippen molar-refractivity contribution in [1.29, 1.82) is 0 Å². The van der Waals surface area contributed by atoms with Crippen LogP contribution in [0.5, 0.6) is 0 Å². The molecule has 3 fully saturated rings. The fraction of sp³-hybridized carbons (Fsp3) is 0.923. The maximum Gasteiger partial charge on any atom is 0 e. The van der Waals surface area contributed by atoms with E-state index in [1.54, 1.807) is 12.8 Å². The molecule has 4 unspecified atom stereocenters. The van der Waals surface area contributed by atoms with Crippen LogP contribution in [0, 0.1) is 40.4 Å². The SMILES string of the molecule is CC(C)CCCCC1CCC2C3CC=C4CCCC[C@]4(C)C3CC[C@]12C.[HH]. The molecule has 4 aliphatic rings. The number of hydrogen-bond donors (Lipinski definition) is 0. The second kappa shape index (κ2) is 7.29. The van der Waals surface area contributed by atoms with E-state index in [0.717, 1.165) is 29.6 Å². The first-order chi connectivity index (χ1) is 12.4. The van der Waals surface area contributed by atoms with E-state index in [9.17, 15) is 0 Å². The van der Waals surface area contributed by atoms with Crippen LogP contribution < -0.4 is 0 Å². The Balaban J connectivity index is 0.00000210. The Labute approximate surface area is 165 Å². The van der Waals surface area contributed by atoms with E-state index in [0.29, 0.717) is 10.8 Å². The molecule has 0 heterocycles. The molecule has 0 aromatic heterocycles. The summed E-state index contributed by atoms with van der Waals surface area (Å²) in [6, 6.07) is 0. The van der Waals surface area contributed by atoms with Crippen molar-refractivity contribution in [2.75, 3.05) is 0 Å². The lowest BCUT2D eigenvalue weighted by atomic mass is 9.47. The predicted octanol–water partition coefficient (Wildman–Crippen LogP) is 8.42. The summed E-state index contributed by atoms with van der Waals surface area (Å²) in [5.74, 6) is 4.98. The summed E-state index contributed by atoms with van der Waals surface area (Å²) in [7, 11) is 0. The van der Waals surface area contributed by atoms with Gasteiger partial charge in [0.1, 0.15) is 0 Å². The number of hydrogen-bond acceptors (Lipinski definition) is 0. The zero-order chi connectivity index (χ0) is 18.4. The molecule has 0 spiro atoms. The van der Waals surface area contributed by atoms with Crippen molar-refractivity contribution in [1.82, 2.24) is 0 Å². The van der Waals surface area contributed by atoms with Gasteiger partial charge in [-0.3, -0.25) is 0 Å². The highest BCUT2D eigenvalue weighted by molar-refractivity contribution is 5.24. The Morgan fingerprint density at radius 2 is 1.88 bits per heavy atom. The van der Waals surface area contributed by atoms with Gasteiger partial charge in [0.25, 0.3) is 0 Å². The van der Waals surface area contributed by atoms with Crippen molar-refractivity contribution in [3.8, 4) is 0 Å². The highest BCUT2D eigenvalue weighted by atomic mass is 14.6. The van der Waals surface area contributed by atoms with Gasteiger partial charge in [-0.05, 0) is 98.2 Å². The van der Waals surface area contributed by atoms with E-state index in [2.05, 4.69) is 33.8 Å². The third-order valence-electron chi connectivity index (χ3n) is 9.80. The lowest BCUT2D eigenvalue weighted by molar-refractivity contribution is -0.0425. The van der Waals surface area contributed by atoms with E-state index in [1.165, 1.54) is 70.6 Å². The van der Waals surface area contributed by atoms with Crippen molar-refractivity contribution in [2.45, 2.75) is 111 Å². The minimum absolute atomic E-state index is 0. The molecule has 0 N–H and O–H groups in total. The smallest absolute Gasteiger partial charge is 0 e. The van der Waals surface area contributed by atoms with Crippen molar-refractivity contribution in [2.24, 2.45) is 40.4 Å². The molecule has 0 nitrogen and oxygen atoms in total. The zero-order valence-electron chi connectivity index (χ0n) is 18.2. The minimum atomic E-state index is 0. The van der Waals surface area contributed by atoms with Crippen LogP contribution in [-0.2, 0) is 0 Å². The first-order valence-corrected chi connectivity index (χ1v) is 12.1. The van der Waals surface area contributed by atoms with Gasteiger partial charge in [-0.1, -0.05) is 65.0 Å². The van der Waals surface area contributed by atoms with E-state index in [-0.39, 0.29) is 1.43 Å². The largest absolute Gasteiger partial charge is 0.0845 e. The zero-order valence-corrected chi connectivity index (χ0v) is 18.2. The minimum Gasteiger partial charge on any atom is -0.0845 e. The van der Waals surface area contributed by atoms with E-state index < -0.39 is 0 Å². The molecular weight excluding hydrogens is 312 g/mol. The van der Waals surface area contributed by atoms with Crippen LogP contribution in [0.4, 0.5) is 0 Å². The van der Waals surface area contributed by atoms with Gasteiger partial charge in [-0.25, -0.2) is 0 Å². The summed E-state index contributed by atoms with van der Waals surface area (Å²) in [6.45, 7) is 10.1. The Hall–Kier alpha value is -0.260.